The number of ether oxygens (including phenoxy) is 1. The number of aliphatic hydroxyl groups excluding tert-OH is 1. The van der Waals surface area contributed by atoms with Crippen molar-refractivity contribution in [3.63, 3.8) is 0 Å². The molecule has 1 heterocycles. The van der Waals surface area contributed by atoms with Gasteiger partial charge in [-0.3, -0.25) is 0 Å². The Hall–Kier alpha value is -0.810. The van der Waals surface area contributed by atoms with Gasteiger partial charge in [0, 0.05) is 31.7 Å². The lowest BCUT2D eigenvalue weighted by atomic mass is 9.96. The van der Waals surface area contributed by atoms with Crippen molar-refractivity contribution in [1.29, 1.82) is 0 Å². The molecule has 0 radical (unpaired) electrons. The van der Waals surface area contributed by atoms with Gasteiger partial charge in [-0.15, -0.1) is 0 Å². The topological polar surface area (TPSA) is 70.6 Å². The summed E-state index contributed by atoms with van der Waals surface area (Å²) in [4.78, 5) is 11.9. The number of amides is 2. The van der Waals surface area contributed by atoms with E-state index in [0.29, 0.717) is 6.54 Å². The Labute approximate surface area is 115 Å². The molecule has 19 heavy (non-hydrogen) atoms. The van der Waals surface area contributed by atoms with Gasteiger partial charge in [0.2, 0.25) is 0 Å². The van der Waals surface area contributed by atoms with E-state index in [1.807, 2.05) is 0 Å². The van der Waals surface area contributed by atoms with Crippen molar-refractivity contribution in [2.75, 3.05) is 19.8 Å². The maximum absolute atomic E-state index is 11.9. The third kappa shape index (κ3) is 4.66. The van der Waals surface area contributed by atoms with Gasteiger partial charge in [-0.1, -0.05) is 19.3 Å². The average Bonchev–Trinajstić information content (AvgIpc) is 2.83. The van der Waals surface area contributed by atoms with E-state index in [2.05, 4.69) is 10.6 Å². The van der Waals surface area contributed by atoms with Gasteiger partial charge in [-0.05, 0) is 25.7 Å². The molecular formula is C14H26N2O3. The fraction of sp³-hybridized carbons (Fsp3) is 0.929. The Balaban J connectivity index is 1.72. The van der Waals surface area contributed by atoms with Gasteiger partial charge >= 0.3 is 6.03 Å². The van der Waals surface area contributed by atoms with Crippen LogP contribution in [0.25, 0.3) is 0 Å². The summed E-state index contributed by atoms with van der Waals surface area (Å²) in [5.41, 5.74) is 0. The van der Waals surface area contributed by atoms with E-state index in [9.17, 15) is 9.90 Å². The van der Waals surface area contributed by atoms with Crippen molar-refractivity contribution in [2.24, 2.45) is 5.92 Å². The third-order valence-electron chi connectivity index (χ3n) is 4.22. The van der Waals surface area contributed by atoms with Crippen molar-refractivity contribution >= 4 is 6.03 Å². The summed E-state index contributed by atoms with van der Waals surface area (Å²) in [5, 5.41) is 15.3. The zero-order valence-electron chi connectivity index (χ0n) is 11.6. The number of urea groups is 1. The molecule has 2 aliphatic rings. The van der Waals surface area contributed by atoms with E-state index in [1.165, 1.54) is 6.42 Å². The fourth-order valence-corrected chi connectivity index (χ4v) is 3.02. The molecule has 110 valence electrons. The Morgan fingerprint density at radius 1 is 1.16 bits per heavy atom. The van der Waals surface area contributed by atoms with Crippen LogP contribution in [0.2, 0.25) is 0 Å². The van der Waals surface area contributed by atoms with Crippen LogP contribution in [0.4, 0.5) is 4.79 Å². The van der Waals surface area contributed by atoms with Crippen LogP contribution in [0.3, 0.4) is 0 Å². The van der Waals surface area contributed by atoms with E-state index in [0.717, 1.165) is 45.1 Å². The molecule has 2 fully saturated rings. The van der Waals surface area contributed by atoms with Crippen molar-refractivity contribution in [1.82, 2.24) is 10.6 Å². The van der Waals surface area contributed by atoms with Gasteiger partial charge < -0.3 is 20.5 Å². The summed E-state index contributed by atoms with van der Waals surface area (Å²) in [6.45, 7) is 1.56. The quantitative estimate of drug-likeness (QED) is 0.676. The summed E-state index contributed by atoms with van der Waals surface area (Å²) in [7, 11) is 0. The molecule has 0 bridgehead atoms. The van der Waals surface area contributed by atoms with Crippen LogP contribution in [0.5, 0.6) is 0 Å². The maximum atomic E-state index is 11.9. The molecule has 2 rings (SSSR count). The molecule has 1 aliphatic heterocycles. The lowest BCUT2D eigenvalue weighted by Crippen LogP contribution is -2.47. The lowest BCUT2D eigenvalue weighted by Gasteiger charge is -2.25. The first-order valence-electron chi connectivity index (χ1n) is 7.56. The standard InChI is InChI=1S/C14H26N2O3/c17-10-11-5-2-1-3-7-13(11)16-14(18)15-9-12-6-4-8-19-12/h11-13,17H,1-10H2,(H2,15,16,18). The molecule has 1 saturated heterocycles. The van der Waals surface area contributed by atoms with Crippen molar-refractivity contribution < 1.29 is 14.6 Å². The second-order valence-corrected chi connectivity index (χ2v) is 5.68. The molecule has 1 aliphatic carbocycles. The largest absolute Gasteiger partial charge is 0.396 e. The van der Waals surface area contributed by atoms with Crippen molar-refractivity contribution in [2.45, 2.75) is 57.1 Å². The van der Waals surface area contributed by atoms with E-state index >= 15 is 0 Å². The highest BCUT2D eigenvalue weighted by Gasteiger charge is 2.25. The molecule has 2 amide bonds. The lowest BCUT2D eigenvalue weighted by molar-refractivity contribution is 0.110. The first-order chi connectivity index (χ1) is 9.29. The zero-order valence-corrected chi connectivity index (χ0v) is 11.6. The monoisotopic (exact) mass is 270 g/mol. The van der Waals surface area contributed by atoms with Crippen LogP contribution >= 0.6 is 0 Å². The number of carbonyl (C=O) groups is 1. The molecule has 0 spiro atoms. The van der Waals surface area contributed by atoms with Gasteiger partial charge in [0.15, 0.2) is 0 Å². The van der Waals surface area contributed by atoms with Gasteiger partial charge in [-0.25, -0.2) is 4.79 Å². The van der Waals surface area contributed by atoms with Crippen LogP contribution in [-0.2, 0) is 4.74 Å². The number of rotatable bonds is 4. The Morgan fingerprint density at radius 2 is 2.00 bits per heavy atom. The summed E-state index contributed by atoms with van der Waals surface area (Å²) >= 11 is 0. The number of carbonyl (C=O) groups excluding carboxylic acids is 1. The van der Waals surface area contributed by atoms with Crippen LogP contribution in [0.1, 0.15) is 44.9 Å². The van der Waals surface area contributed by atoms with Crippen LogP contribution in [-0.4, -0.2) is 43.0 Å². The molecule has 5 nitrogen and oxygen atoms in total. The first-order valence-corrected chi connectivity index (χ1v) is 7.56. The van der Waals surface area contributed by atoms with E-state index < -0.39 is 0 Å². The van der Waals surface area contributed by atoms with Crippen LogP contribution < -0.4 is 10.6 Å². The molecular weight excluding hydrogens is 244 g/mol. The SMILES string of the molecule is O=C(NCC1CCCO1)NC1CCCCCC1CO. The maximum Gasteiger partial charge on any atom is 0.315 e. The highest BCUT2D eigenvalue weighted by Crippen LogP contribution is 2.23. The highest BCUT2D eigenvalue weighted by atomic mass is 16.5. The second kappa shape index (κ2) is 7.70. The predicted octanol–water partition coefficient (Wildman–Crippen LogP) is 1.41. The Morgan fingerprint density at radius 3 is 2.74 bits per heavy atom. The first kappa shape index (κ1) is 14.6. The van der Waals surface area contributed by atoms with Crippen LogP contribution in [0.15, 0.2) is 0 Å². The molecule has 5 heteroatoms. The Kier molecular flexibility index (Phi) is 5.92. The highest BCUT2D eigenvalue weighted by molar-refractivity contribution is 5.74. The summed E-state index contributed by atoms with van der Waals surface area (Å²) in [5.74, 6) is 0.205. The normalized spacial score (nSPS) is 31.7. The zero-order chi connectivity index (χ0) is 13.5. The van der Waals surface area contributed by atoms with Gasteiger partial charge in [0.1, 0.15) is 0 Å². The van der Waals surface area contributed by atoms with Crippen molar-refractivity contribution in [3.8, 4) is 0 Å². The molecule has 3 unspecified atom stereocenters. The number of hydrogen-bond acceptors (Lipinski definition) is 3. The van der Waals surface area contributed by atoms with E-state index in [4.69, 9.17) is 4.74 Å². The smallest absolute Gasteiger partial charge is 0.315 e. The minimum absolute atomic E-state index is 0.108. The molecule has 0 aromatic carbocycles. The number of hydrogen-bond donors (Lipinski definition) is 3. The fourth-order valence-electron chi connectivity index (χ4n) is 3.02. The third-order valence-corrected chi connectivity index (χ3v) is 4.22. The van der Waals surface area contributed by atoms with Gasteiger partial charge in [0.05, 0.1) is 6.10 Å². The summed E-state index contributed by atoms with van der Waals surface area (Å²) in [6.07, 6.45) is 7.76. The van der Waals surface area contributed by atoms with E-state index in [-0.39, 0.29) is 30.7 Å². The number of nitrogens with one attached hydrogen (secondary N) is 2. The molecule has 3 N–H and O–H groups in total. The summed E-state index contributed by atoms with van der Waals surface area (Å²) < 4.78 is 5.47. The van der Waals surface area contributed by atoms with E-state index in [1.54, 1.807) is 0 Å². The summed E-state index contributed by atoms with van der Waals surface area (Å²) in [6, 6.07) is -0.0159. The minimum atomic E-state index is -0.124. The molecule has 0 aromatic heterocycles. The minimum Gasteiger partial charge on any atom is -0.396 e. The molecule has 1 saturated carbocycles. The van der Waals surface area contributed by atoms with Crippen molar-refractivity contribution in [3.05, 3.63) is 0 Å². The number of aliphatic hydroxyl groups is 1. The van der Waals surface area contributed by atoms with Gasteiger partial charge in [-0.2, -0.15) is 0 Å². The Bertz CT molecular complexity index is 280. The second-order valence-electron chi connectivity index (χ2n) is 5.68. The van der Waals surface area contributed by atoms with Crippen LogP contribution in [0, 0.1) is 5.92 Å². The van der Waals surface area contributed by atoms with Gasteiger partial charge in [0.25, 0.3) is 0 Å². The molecule has 0 aromatic rings. The molecule has 3 atom stereocenters. The average molecular weight is 270 g/mol. The predicted molar refractivity (Wildman–Crippen MR) is 73.0 cm³/mol.